The third-order valence-corrected chi connectivity index (χ3v) is 4.55. The summed E-state index contributed by atoms with van der Waals surface area (Å²) in [5.41, 5.74) is 0.664. The zero-order valence-electron chi connectivity index (χ0n) is 12.2. The first-order valence-electron chi connectivity index (χ1n) is 7.59. The van der Waals surface area contributed by atoms with E-state index >= 15 is 0 Å². The van der Waals surface area contributed by atoms with Crippen molar-refractivity contribution >= 4 is 11.9 Å². The van der Waals surface area contributed by atoms with Crippen molar-refractivity contribution in [3.63, 3.8) is 0 Å². The van der Waals surface area contributed by atoms with Crippen molar-refractivity contribution in [2.24, 2.45) is 0 Å². The molecule has 0 aliphatic carbocycles. The van der Waals surface area contributed by atoms with Gasteiger partial charge in [0.15, 0.2) is 0 Å². The molecule has 4 rings (SSSR count). The molecule has 2 aliphatic heterocycles. The number of hydrogen-bond donors (Lipinski definition) is 0. The lowest BCUT2D eigenvalue weighted by Crippen LogP contribution is -2.40. The summed E-state index contributed by atoms with van der Waals surface area (Å²) in [7, 11) is 0. The van der Waals surface area contributed by atoms with E-state index in [1.807, 2.05) is 17.0 Å². The number of anilines is 1. The first-order valence-corrected chi connectivity index (χ1v) is 7.59. The summed E-state index contributed by atoms with van der Waals surface area (Å²) in [6.45, 7) is 1.68. The predicted molar refractivity (Wildman–Crippen MR) is 81.5 cm³/mol. The molecule has 0 spiro atoms. The number of rotatable bonds is 2. The Labute approximate surface area is 128 Å². The molecule has 2 aliphatic rings. The summed E-state index contributed by atoms with van der Waals surface area (Å²) >= 11 is 0. The summed E-state index contributed by atoms with van der Waals surface area (Å²) in [5, 5.41) is 0. The van der Waals surface area contributed by atoms with E-state index in [4.69, 9.17) is 0 Å². The van der Waals surface area contributed by atoms with Crippen molar-refractivity contribution in [1.82, 2.24) is 19.9 Å². The van der Waals surface area contributed by atoms with E-state index in [0.29, 0.717) is 11.6 Å². The van der Waals surface area contributed by atoms with Gasteiger partial charge in [0.25, 0.3) is 5.91 Å². The van der Waals surface area contributed by atoms with Crippen molar-refractivity contribution in [2.45, 2.75) is 24.9 Å². The molecule has 4 heterocycles. The molecule has 2 aromatic rings. The highest BCUT2D eigenvalue weighted by molar-refractivity contribution is 5.94. The largest absolute Gasteiger partial charge is 0.336 e. The molecular weight excluding hydrogens is 278 g/mol. The number of hydrogen-bond acceptors (Lipinski definition) is 5. The van der Waals surface area contributed by atoms with Crippen molar-refractivity contribution in [2.75, 3.05) is 18.0 Å². The normalized spacial score (nSPS) is 23.6. The van der Waals surface area contributed by atoms with Crippen LogP contribution in [0.4, 0.5) is 5.95 Å². The number of pyridine rings is 1. The number of nitrogens with zero attached hydrogens (tertiary/aromatic N) is 5. The van der Waals surface area contributed by atoms with Crippen LogP contribution < -0.4 is 4.90 Å². The minimum Gasteiger partial charge on any atom is -0.336 e. The van der Waals surface area contributed by atoms with Crippen LogP contribution in [-0.4, -0.2) is 50.9 Å². The van der Waals surface area contributed by atoms with Crippen LogP contribution in [0.25, 0.3) is 0 Å². The van der Waals surface area contributed by atoms with Gasteiger partial charge in [-0.05, 0) is 31.0 Å². The monoisotopic (exact) mass is 295 g/mol. The molecule has 0 N–H and O–H groups in total. The van der Waals surface area contributed by atoms with Gasteiger partial charge in [-0.1, -0.05) is 0 Å². The molecule has 0 aromatic carbocycles. The van der Waals surface area contributed by atoms with Crippen LogP contribution in [-0.2, 0) is 0 Å². The number of amides is 1. The third kappa shape index (κ3) is 2.11. The average molecular weight is 295 g/mol. The van der Waals surface area contributed by atoms with Gasteiger partial charge in [0.2, 0.25) is 5.95 Å². The molecule has 0 unspecified atom stereocenters. The van der Waals surface area contributed by atoms with Crippen LogP contribution in [0, 0.1) is 0 Å². The average Bonchev–Trinajstić information content (AvgIpc) is 3.17. The lowest BCUT2D eigenvalue weighted by Gasteiger charge is -2.25. The maximum Gasteiger partial charge on any atom is 0.255 e. The maximum absolute atomic E-state index is 12.7. The SMILES string of the molecule is O=C(c1cccnc1)N1CC[C@H]2[C@H]1CCN2c1ncccn1. The summed E-state index contributed by atoms with van der Waals surface area (Å²) in [6.07, 6.45) is 8.80. The lowest BCUT2D eigenvalue weighted by molar-refractivity contribution is 0.0737. The Bertz CT molecular complexity index is 663. The quantitative estimate of drug-likeness (QED) is 0.837. The maximum atomic E-state index is 12.7. The fourth-order valence-electron chi connectivity index (χ4n) is 3.58. The minimum absolute atomic E-state index is 0.0800. The fraction of sp³-hybridized carbons (Fsp3) is 0.375. The van der Waals surface area contributed by atoms with Crippen molar-refractivity contribution in [3.05, 3.63) is 48.5 Å². The van der Waals surface area contributed by atoms with Gasteiger partial charge in [0, 0.05) is 37.9 Å². The number of fused-ring (bicyclic) bond motifs is 1. The van der Waals surface area contributed by atoms with Gasteiger partial charge in [-0.25, -0.2) is 9.97 Å². The van der Waals surface area contributed by atoms with Gasteiger partial charge >= 0.3 is 0 Å². The van der Waals surface area contributed by atoms with Gasteiger partial charge < -0.3 is 9.80 Å². The Hall–Kier alpha value is -2.50. The molecule has 22 heavy (non-hydrogen) atoms. The van der Waals surface area contributed by atoms with E-state index in [9.17, 15) is 4.79 Å². The molecule has 1 amide bonds. The van der Waals surface area contributed by atoms with Gasteiger partial charge in [0.05, 0.1) is 17.6 Å². The van der Waals surface area contributed by atoms with E-state index in [1.54, 1.807) is 30.9 Å². The van der Waals surface area contributed by atoms with Crippen LogP contribution in [0.2, 0.25) is 0 Å². The van der Waals surface area contributed by atoms with Gasteiger partial charge in [-0.15, -0.1) is 0 Å². The standard InChI is InChI=1S/C16H17N5O/c22-15(12-3-1-6-17-11-12)20-9-4-14-13(20)5-10-21(14)16-18-7-2-8-19-16/h1-3,6-8,11,13-14H,4-5,9-10H2/t13-,14+/m1/s1. The van der Waals surface area contributed by atoms with Crippen molar-refractivity contribution in [1.29, 1.82) is 0 Å². The molecule has 0 bridgehead atoms. The Kier molecular flexibility index (Phi) is 3.21. The minimum atomic E-state index is 0.0800. The summed E-state index contributed by atoms with van der Waals surface area (Å²) in [6, 6.07) is 6.03. The molecule has 2 saturated heterocycles. The second-order valence-corrected chi connectivity index (χ2v) is 5.69. The second-order valence-electron chi connectivity index (χ2n) is 5.69. The highest BCUT2D eigenvalue weighted by Crippen LogP contribution is 2.34. The number of likely N-dealkylation sites (tertiary alicyclic amines) is 1. The van der Waals surface area contributed by atoms with Gasteiger partial charge in [0.1, 0.15) is 0 Å². The Morgan fingerprint density at radius 1 is 1.05 bits per heavy atom. The first-order chi connectivity index (χ1) is 10.8. The summed E-state index contributed by atoms with van der Waals surface area (Å²) < 4.78 is 0. The Morgan fingerprint density at radius 3 is 2.64 bits per heavy atom. The number of carbonyl (C=O) groups excluding carboxylic acids is 1. The van der Waals surface area contributed by atoms with E-state index in [-0.39, 0.29) is 11.9 Å². The van der Waals surface area contributed by atoms with Crippen molar-refractivity contribution in [3.8, 4) is 0 Å². The van der Waals surface area contributed by atoms with E-state index in [1.165, 1.54) is 0 Å². The predicted octanol–water partition coefficient (Wildman–Crippen LogP) is 1.36. The van der Waals surface area contributed by atoms with Crippen LogP contribution in [0.15, 0.2) is 43.0 Å². The molecule has 2 aromatic heterocycles. The smallest absolute Gasteiger partial charge is 0.255 e. The number of aromatic nitrogens is 3. The highest BCUT2D eigenvalue weighted by Gasteiger charge is 2.45. The zero-order valence-corrected chi connectivity index (χ0v) is 12.2. The van der Waals surface area contributed by atoms with Crippen LogP contribution in [0.3, 0.4) is 0 Å². The van der Waals surface area contributed by atoms with Crippen LogP contribution >= 0.6 is 0 Å². The molecule has 112 valence electrons. The molecule has 6 nitrogen and oxygen atoms in total. The molecule has 0 radical (unpaired) electrons. The third-order valence-electron chi connectivity index (χ3n) is 4.55. The van der Waals surface area contributed by atoms with Gasteiger partial charge in [-0.2, -0.15) is 0 Å². The van der Waals surface area contributed by atoms with Crippen LogP contribution in [0.1, 0.15) is 23.2 Å². The lowest BCUT2D eigenvalue weighted by atomic mass is 10.1. The fourth-order valence-corrected chi connectivity index (χ4v) is 3.58. The second kappa shape index (κ2) is 5.36. The summed E-state index contributed by atoms with van der Waals surface area (Å²) in [5.74, 6) is 0.849. The molecule has 6 heteroatoms. The van der Waals surface area contributed by atoms with Gasteiger partial charge in [-0.3, -0.25) is 9.78 Å². The Balaban J connectivity index is 1.55. The Morgan fingerprint density at radius 2 is 1.86 bits per heavy atom. The van der Waals surface area contributed by atoms with E-state index < -0.39 is 0 Å². The molecule has 2 atom stereocenters. The topological polar surface area (TPSA) is 62.2 Å². The summed E-state index contributed by atoms with van der Waals surface area (Å²) in [4.78, 5) is 29.6. The highest BCUT2D eigenvalue weighted by atomic mass is 16.2. The number of carbonyl (C=O) groups is 1. The van der Waals surface area contributed by atoms with Crippen LogP contribution in [0.5, 0.6) is 0 Å². The molecule has 0 saturated carbocycles. The first kappa shape index (κ1) is 13.2. The van der Waals surface area contributed by atoms with E-state index in [0.717, 1.165) is 31.9 Å². The molecular formula is C16H17N5O. The zero-order chi connectivity index (χ0) is 14.9. The van der Waals surface area contributed by atoms with E-state index in [2.05, 4.69) is 19.9 Å². The molecule has 2 fully saturated rings. The van der Waals surface area contributed by atoms with Crippen molar-refractivity contribution < 1.29 is 4.79 Å².